The fraction of sp³-hybridized carbons (Fsp3) is 0.240. The summed E-state index contributed by atoms with van der Waals surface area (Å²) in [5, 5.41) is 0.656. The molecule has 31 heavy (non-hydrogen) atoms. The Morgan fingerprint density at radius 1 is 1.06 bits per heavy atom. The van der Waals surface area contributed by atoms with E-state index >= 15 is 0 Å². The maximum Gasteiger partial charge on any atom is 0.233 e. The van der Waals surface area contributed by atoms with Gasteiger partial charge in [-0.25, -0.2) is 4.98 Å². The van der Waals surface area contributed by atoms with E-state index in [1.54, 1.807) is 18.2 Å². The molecule has 2 aromatic heterocycles. The summed E-state index contributed by atoms with van der Waals surface area (Å²) in [6.07, 6.45) is 3.03. The molecule has 0 saturated heterocycles. The number of benzene rings is 2. The van der Waals surface area contributed by atoms with Gasteiger partial charge in [0, 0.05) is 6.20 Å². The largest absolute Gasteiger partial charge is 0.494 e. The number of ether oxygens (including phenoxy) is 1. The van der Waals surface area contributed by atoms with Crippen LogP contribution in [-0.4, -0.2) is 23.0 Å². The van der Waals surface area contributed by atoms with E-state index < -0.39 is 0 Å². The molecule has 0 aliphatic carbocycles. The van der Waals surface area contributed by atoms with Gasteiger partial charge in [-0.1, -0.05) is 54.7 Å². The van der Waals surface area contributed by atoms with Crippen molar-refractivity contribution in [3.63, 3.8) is 0 Å². The lowest BCUT2D eigenvalue weighted by Gasteiger charge is -2.19. The average Bonchev–Trinajstić information content (AvgIpc) is 3.25. The number of aromatic nitrogens is 2. The summed E-state index contributed by atoms with van der Waals surface area (Å²) in [7, 11) is 1.64. The highest BCUT2D eigenvalue weighted by Gasteiger charge is 2.22. The van der Waals surface area contributed by atoms with Crippen LogP contribution < -0.4 is 9.64 Å². The molecule has 2 heterocycles. The molecule has 0 aliphatic rings. The molecule has 0 N–H and O–H groups in total. The van der Waals surface area contributed by atoms with Crippen LogP contribution in [0.1, 0.15) is 29.3 Å². The number of nitrogens with zero attached hydrogens (tertiary/aromatic N) is 3. The van der Waals surface area contributed by atoms with Gasteiger partial charge < -0.3 is 4.74 Å². The van der Waals surface area contributed by atoms with Gasteiger partial charge in [-0.05, 0) is 48.2 Å². The van der Waals surface area contributed by atoms with Crippen LogP contribution in [-0.2, 0) is 24.2 Å². The normalized spacial score (nSPS) is 10.9. The fourth-order valence-electron chi connectivity index (χ4n) is 3.46. The van der Waals surface area contributed by atoms with Crippen LogP contribution in [0.25, 0.3) is 10.2 Å². The van der Waals surface area contributed by atoms with Gasteiger partial charge in [0.05, 0.1) is 30.5 Å². The smallest absolute Gasteiger partial charge is 0.233 e. The van der Waals surface area contributed by atoms with Crippen LogP contribution in [0.5, 0.6) is 5.75 Å². The summed E-state index contributed by atoms with van der Waals surface area (Å²) in [4.78, 5) is 24.4. The molecule has 0 radical (unpaired) electrons. The Kier molecular flexibility index (Phi) is 6.28. The van der Waals surface area contributed by atoms with Crippen LogP contribution in [0, 0.1) is 6.92 Å². The number of hydrogen-bond donors (Lipinski definition) is 0. The quantitative estimate of drug-likeness (QED) is 0.396. The van der Waals surface area contributed by atoms with Gasteiger partial charge in [0.15, 0.2) is 5.13 Å². The Bertz CT molecular complexity index is 1190. The first-order chi connectivity index (χ1) is 15.1. The molecular formula is C25H25N3O2S. The van der Waals surface area contributed by atoms with Gasteiger partial charge in [0.1, 0.15) is 11.3 Å². The lowest BCUT2D eigenvalue weighted by atomic mass is 10.1. The number of fused-ring (bicyclic) bond motifs is 1. The number of carbonyl (C=O) groups is 1. The van der Waals surface area contributed by atoms with Gasteiger partial charge in [-0.3, -0.25) is 14.7 Å². The number of thiazole rings is 1. The molecule has 0 unspecified atom stereocenters. The van der Waals surface area contributed by atoms with E-state index in [1.807, 2.05) is 49.4 Å². The van der Waals surface area contributed by atoms with E-state index in [0.29, 0.717) is 23.8 Å². The lowest BCUT2D eigenvalue weighted by Crippen LogP contribution is -2.32. The molecule has 0 atom stereocenters. The third-order valence-corrected chi connectivity index (χ3v) is 6.49. The van der Waals surface area contributed by atoms with Crippen molar-refractivity contribution in [2.75, 3.05) is 12.0 Å². The molecule has 0 fully saturated rings. The Morgan fingerprint density at radius 2 is 1.84 bits per heavy atom. The van der Waals surface area contributed by atoms with Crippen LogP contribution in [0.2, 0.25) is 0 Å². The lowest BCUT2D eigenvalue weighted by molar-refractivity contribution is -0.118. The van der Waals surface area contributed by atoms with Gasteiger partial charge in [0.25, 0.3) is 0 Å². The number of methoxy groups -OCH3 is 1. The number of hydrogen-bond acceptors (Lipinski definition) is 5. The van der Waals surface area contributed by atoms with E-state index in [9.17, 15) is 4.79 Å². The molecule has 0 spiro atoms. The van der Waals surface area contributed by atoms with Gasteiger partial charge in [-0.15, -0.1) is 0 Å². The van der Waals surface area contributed by atoms with Crippen molar-refractivity contribution in [2.24, 2.45) is 0 Å². The number of amides is 1. The Morgan fingerprint density at radius 3 is 2.52 bits per heavy atom. The summed E-state index contributed by atoms with van der Waals surface area (Å²) in [5.74, 6) is 0.703. The van der Waals surface area contributed by atoms with Crippen molar-refractivity contribution in [3.8, 4) is 5.75 Å². The second kappa shape index (κ2) is 9.27. The molecule has 0 saturated carbocycles. The molecule has 0 bridgehead atoms. The Hall–Kier alpha value is -3.25. The Balaban J connectivity index is 1.71. The van der Waals surface area contributed by atoms with E-state index in [-0.39, 0.29) is 5.91 Å². The average molecular weight is 432 g/mol. The van der Waals surface area contributed by atoms with Crippen molar-refractivity contribution in [3.05, 3.63) is 83.2 Å². The summed E-state index contributed by atoms with van der Waals surface area (Å²) < 4.78 is 6.53. The first-order valence-electron chi connectivity index (χ1n) is 10.3. The molecule has 6 heteroatoms. The van der Waals surface area contributed by atoms with Crippen LogP contribution in [0.4, 0.5) is 5.13 Å². The molecule has 4 aromatic rings. The van der Waals surface area contributed by atoms with E-state index in [1.165, 1.54) is 16.9 Å². The number of carbonyl (C=O) groups excluding carboxylic acids is 1. The van der Waals surface area contributed by atoms with Crippen LogP contribution in [0.15, 0.2) is 60.8 Å². The predicted octanol–water partition coefficient (Wildman–Crippen LogP) is 5.35. The van der Waals surface area contributed by atoms with Crippen LogP contribution in [0.3, 0.4) is 0 Å². The van der Waals surface area contributed by atoms with Crippen molar-refractivity contribution in [1.82, 2.24) is 9.97 Å². The zero-order valence-corrected chi connectivity index (χ0v) is 18.8. The SMILES string of the molecule is CCc1ccc(CC(=O)N(Cc2ccccn2)c2nc3c(OC)ccc(C)c3s2)cc1. The standard InChI is InChI=1S/C25H25N3O2S/c1-4-18-9-11-19(12-10-18)15-22(29)28(16-20-7-5-6-14-26-20)25-27-23-21(30-3)13-8-17(2)24(23)31-25/h5-14H,4,15-16H2,1-3H3. The minimum absolute atomic E-state index is 0.00872. The van der Waals surface area contributed by atoms with Gasteiger partial charge in [0.2, 0.25) is 5.91 Å². The number of anilines is 1. The van der Waals surface area contributed by atoms with Crippen LogP contribution >= 0.6 is 11.3 Å². The van der Waals surface area contributed by atoms with Crippen molar-refractivity contribution < 1.29 is 9.53 Å². The minimum atomic E-state index is -0.00872. The number of pyridine rings is 1. The molecular weight excluding hydrogens is 406 g/mol. The van der Waals surface area contributed by atoms with E-state index in [4.69, 9.17) is 9.72 Å². The van der Waals surface area contributed by atoms with E-state index in [2.05, 4.69) is 24.0 Å². The zero-order valence-electron chi connectivity index (χ0n) is 18.0. The maximum atomic E-state index is 13.4. The molecule has 2 aromatic carbocycles. The topological polar surface area (TPSA) is 55.3 Å². The Labute approximate surface area is 186 Å². The van der Waals surface area contributed by atoms with Gasteiger partial charge in [-0.2, -0.15) is 0 Å². The molecule has 1 amide bonds. The summed E-state index contributed by atoms with van der Waals surface area (Å²) >= 11 is 1.51. The number of rotatable bonds is 7. The molecule has 0 aliphatic heterocycles. The first kappa shape index (κ1) is 21.0. The highest BCUT2D eigenvalue weighted by molar-refractivity contribution is 7.22. The third-order valence-electron chi connectivity index (χ3n) is 5.28. The summed E-state index contributed by atoms with van der Waals surface area (Å²) in [6, 6.07) is 17.9. The monoisotopic (exact) mass is 431 g/mol. The molecule has 5 nitrogen and oxygen atoms in total. The summed E-state index contributed by atoms with van der Waals surface area (Å²) in [6.45, 7) is 4.54. The predicted molar refractivity (Wildman–Crippen MR) is 126 cm³/mol. The molecule has 4 rings (SSSR count). The third kappa shape index (κ3) is 4.59. The zero-order chi connectivity index (χ0) is 21.8. The second-order valence-corrected chi connectivity index (χ2v) is 8.38. The van der Waals surface area contributed by atoms with Crippen molar-refractivity contribution in [2.45, 2.75) is 33.2 Å². The van der Waals surface area contributed by atoms with E-state index in [0.717, 1.165) is 33.5 Å². The first-order valence-corrected chi connectivity index (χ1v) is 11.1. The summed E-state index contributed by atoms with van der Waals surface area (Å²) in [5.41, 5.74) is 4.96. The highest BCUT2D eigenvalue weighted by Crippen LogP contribution is 2.37. The van der Waals surface area contributed by atoms with Crippen molar-refractivity contribution in [1.29, 1.82) is 0 Å². The number of aryl methyl sites for hydroxylation is 2. The maximum absolute atomic E-state index is 13.4. The fourth-order valence-corrected chi connectivity index (χ4v) is 4.53. The van der Waals surface area contributed by atoms with Crippen molar-refractivity contribution >= 4 is 32.6 Å². The molecule has 158 valence electrons. The second-order valence-electron chi connectivity index (χ2n) is 7.41. The minimum Gasteiger partial charge on any atom is -0.494 e. The highest BCUT2D eigenvalue weighted by atomic mass is 32.1. The van der Waals surface area contributed by atoms with Gasteiger partial charge >= 0.3 is 0 Å².